The molecular formula is C51H32BN5O. The molecule has 6 nitrogen and oxygen atoms in total. The summed E-state index contributed by atoms with van der Waals surface area (Å²) in [5.74, 6) is 3.13. The highest BCUT2D eigenvalue weighted by atomic mass is 16.5. The van der Waals surface area contributed by atoms with Gasteiger partial charge in [-0.05, 0) is 58.5 Å². The number of benzene rings is 8. The van der Waals surface area contributed by atoms with Gasteiger partial charge >= 0.3 is 0 Å². The minimum absolute atomic E-state index is 0.105. The van der Waals surface area contributed by atoms with E-state index in [2.05, 4.69) is 197 Å². The summed E-state index contributed by atoms with van der Waals surface area (Å²) in [6.45, 7) is -0.105. The Balaban J connectivity index is 1.15. The van der Waals surface area contributed by atoms with Gasteiger partial charge in [-0.25, -0.2) is 0 Å². The first-order valence-electron chi connectivity index (χ1n) is 19.6. The maximum Gasteiger partial charge on any atom is 0.251 e. The number of fused-ring (bicyclic) bond motifs is 8. The van der Waals surface area contributed by atoms with Gasteiger partial charge in [0, 0.05) is 21.5 Å². The third-order valence-electron chi connectivity index (χ3n) is 11.6. The number of ether oxygens (including phenoxy) is 1. The van der Waals surface area contributed by atoms with Crippen LogP contribution in [-0.4, -0.2) is 30.8 Å². The fourth-order valence-corrected chi connectivity index (χ4v) is 9.08. The molecule has 11 aromatic rings. The van der Waals surface area contributed by atoms with Crippen molar-refractivity contribution in [2.45, 2.75) is 0 Å². The molecule has 0 spiro atoms. The molecule has 0 fully saturated rings. The first kappa shape index (κ1) is 32.5. The topological polar surface area (TPSA) is 57.8 Å². The molecule has 12 rings (SSSR count). The third kappa shape index (κ3) is 4.90. The van der Waals surface area contributed by atoms with Crippen LogP contribution in [0.25, 0.3) is 78.0 Å². The van der Waals surface area contributed by atoms with E-state index in [4.69, 9.17) is 19.7 Å². The third-order valence-corrected chi connectivity index (χ3v) is 11.6. The van der Waals surface area contributed by atoms with Gasteiger partial charge in [0.05, 0.1) is 27.6 Å². The van der Waals surface area contributed by atoms with Crippen LogP contribution >= 0.6 is 0 Å². The van der Waals surface area contributed by atoms with Crippen LogP contribution in [0.15, 0.2) is 194 Å². The zero-order chi connectivity index (χ0) is 38.2. The maximum atomic E-state index is 6.99. The number of para-hydroxylation sites is 6. The molecule has 4 heterocycles. The Hall–Kier alpha value is -7.77. The summed E-state index contributed by atoms with van der Waals surface area (Å²) in [6.07, 6.45) is 0. The van der Waals surface area contributed by atoms with Gasteiger partial charge in [0.15, 0.2) is 5.82 Å². The lowest BCUT2D eigenvalue weighted by atomic mass is 9.35. The Labute approximate surface area is 334 Å². The molecular weight excluding hydrogens is 709 g/mol. The first-order chi connectivity index (χ1) is 28.8. The molecule has 7 heteroatoms. The molecule has 0 N–H and O–H groups in total. The van der Waals surface area contributed by atoms with Crippen LogP contribution in [-0.2, 0) is 0 Å². The quantitative estimate of drug-likeness (QED) is 0.165. The van der Waals surface area contributed by atoms with E-state index in [0.29, 0.717) is 17.7 Å². The predicted molar refractivity (Wildman–Crippen MR) is 237 cm³/mol. The normalized spacial score (nSPS) is 12.2. The second-order valence-electron chi connectivity index (χ2n) is 14.7. The summed E-state index contributed by atoms with van der Waals surface area (Å²) in [7, 11) is 0. The zero-order valence-electron chi connectivity index (χ0n) is 31.2. The lowest BCUT2D eigenvalue weighted by molar-refractivity contribution is 0.489. The molecule has 0 amide bonds. The second kappa shape index (κ2) is 12.9. The lowest BCUT2D eigenvalue weighted by Crippen LogP contribution is -2.55. The summed E-state index contributed by atoms with van der Waals surface area (Å²) < 4.78 is 11.3. The van der Waals surface area contributed by atoms with Crippen LogP contribution < -0.4 is 21.1 Å². The molecule has 3 aromatic heterocycles. The average molecular weight is 742 g/mol. The summed E-state index contributed by atoms with van der Waals surface area (Å²) in [5.41, 5.74) is 10.6. The summed E-state index contributed by atoms with van der Waals surface area (Å²) in [4.78, 5) is 16.1. The Morgan fingerprint density at radius 3 is 1.40 bits per heavy atom. The summed E-state index contributed by atoms with van der Waals surface area (Å²) in [5, 5.41) is 4.54. The van der Waals surface area contributed by atoms with E-state index in [1.807, 2.05) is 6.07 Å². The van der Waals surface area contributed by atoms with Crippen LogP contribution in [0.1, 0.15) is 0 Å². The number of aromatic nitrogens is 5. The highest BCUT2D eigenvalue weighted by molar-refractivity contribution is 6.97. The van der Waals surface area contributed by atoms with Crippen molar-refractivity contribution in [2.24, 2.45) is 0 Å². The molecule has 0 radical (unpaired) electrons. The minimum Gasteiger partial charge on any atom is -0.458 e. The molecule has 1 aliphatic heterocycles. The first-order valence-corrected chi connectivity index (χ1v) is 19.6. The molecule has 58 heavy (non-hydrogen) atoms. The highest BCUT2D eigenvalue weighted by Gasteiger charge is 2.36. The molecule has 0 saturated carbocycles. The molecule has 0 atom stereocenters. The van der Waals surface area contributed by atoms with E-state index in [1.165, 1.54) is 16.6 Å². The second-order valence-corrected chi connectivity index (χ2v) is 14.7. The van der Waals surface area contributed by atoms with Crippen molar-refractivity contribution in [3.63, 3.8) is 0 Å². The van der Waals surface area contributed by atoms with Crippen LogP contribution in [0.5, 0.6) is 11.5 Å². The Bertz CT molecular complexity index is 3170. The van der Waals surface area contributed by atoms with Gasteiger partial charge in [0.2, 0.25) is 11.9 Å². The predicted octanol–water partition coefficient (Wildman–Crippen LogP) is 10.0. The summed E-state index contributed by atoms with van der Waals surface area (Å²) >= 11 is 0. The summed E-state index contributed by atoms with van der Waals surface area (Å²) in [6, 6.07) is 67.9. The van der Waals surface area contributed by atoms with E-state index in [1.54, 1.807) is 0 Å². The molecule has 0 saturated heterocycles. The minimum atomic E-state index is -0.105. The van der Waals surface area contributed by atoms with Crippen molar-refractivity contribution in [1.82, 2.24) is 24.1 Å². The van der Waals surface area contributed by atoms with Gasteiger partial charge in [-0.3, -0.25) is 9.13 Å². The Kier molecular flexibility index (Phi) is 7.22. The number of hydrogen-bond acceptors (Lipinski definition) is 4. The SMILES string of the molecule is c1ccc(-c2ccccc2B2c3ccccc3Oc3c2cccc3-c2nc(-n3c4ccccc4c4ccccc43)nc(-n3c4ccccc4c4ccccc43)n2)cc1. The molecule has 8 aromatic carbocycles. The standard InChI is InChI=1S/C51H32BN5O/c1-2-17-33(18-3-1)34-19-4-9-25-40(34)52-41-26-10-15-32-47(41)58-48-39(24-16-27-42(48)52)49-53-50(56-43-28-11-5-20-35(43)36-21-6-12-29-44(36)56)55-51(54-49)57-45-30-13-7-22-37(45)38-23-8-14-31-46(38)57/h1-32H. The van der Waals surface area contributed by atoms with Crippen molar-refractivity contribution in [1.29, 1.82) is 0 Å². The van der Waals surface area contributed by atoms with Crippen LogP contribution in [0.2, 0.25) is 0 Å². The molecule has 0 aliphatic carbocycles. The number of nitrogens with zero attached hydrogens (tertiary/aromatic N) is 5. The largest absolute Gasteiger partial charge is 0.458 e. The number of rotatable bonds is 5. The van der Waals surface area contributed by atoms with Crippen LogP contribution in [0, 0.1) is 0 Å². The van der Waals surface area contributed by atoms with E-state index in [9.17, 15) is 0 Å². The maximum absolute atomic E-state index is 6.99. The molecule has 270 valence electrons. The zero-order valence-corrected chi connectivity index (χ0v) is 31.2. The van der Waals surface area contributed by atoms with Crippen molar-refractivity contribution >= 4 is 66.7 Å². The van der Waals surface area contributed by atoms with Crippen molar-refractivity contribution in [3.05, 3.63) is 194 Å². The van der Waals surface area contributed by atoms with Gasteiger partial charge in [-0.1, -0.05) is 163 Å². The van der Waals surface area contributed by atoms with E-state index in [-0.39, 0.29) is 6.71 Å². The van der Waals surface area contributed by atoms with Gasteiger partial charge in [-0.2, -0.15) is 15.0 Å². The van der Waals surface area contributed by atoms with Crippen molar-refractivity contribution < 1.29 is 4.74 Å². The fraction of sp³-hybridized carbons (Fsp3) is 0. The Morgan fingerprint density at radius 1 is 0.362 bits per heavy atom. The monoisotopic (exact) mass is 741 g/mol. The highest BCUT2D eigenvalue weighted by Crippen LogP contribution is 2.37. The lowest BCUT2D eigenvalue weighted by Gasteiger charge is -2.29. The Morgan fingerprint density at radius 2 is 0.810 bits per heavy atom. The average Bonchev–Trinajstić information content (AvgIpc) is 3.81. The molecule has 0 unspecified atom stereocenters. The fourth-order valence-electron chi connectivity index (χ4n) is 9.08. The molecule has 1 aliphatic rings. The van der Waals surface area contributed by atoms with Crippen molar-refractivity contribution in [2.75, 3.05) is 0 Å². The van der Waals surface area contributed by atoms with Crippen LogP contribution in [0.4, 0.5) is 0 Å². The smallest absolute Gasteiger partial charge is 0.251 e. The molecule has 0 bridgehead atoms. The van der Waals surface area contributed by atoms with Crippen molar-refractivity contribution in [3.8, 4) is 45.9 Å². The van der Waals surface area contributed by atoms with Gasteiger partial charge in [-0.15, -0.1) is 0 Å². The van der Waals surface area contributed by atoms with Gasteiger partial charge < -0.3 is 4.74 Å². The van der Waals surface area contributed by atoms with E-state index < -0.39 is 0 Å². The number of hydrogen-bond donors (Lipinski definition) is 0. The van der Waals surface area contributed by atoms with E-state index in [0.717, 1.165) is 71.6 Å². The van der Waals surface area contributed by atoms with E-state index >= 15 is 0 Å². The van der Waals surface area contributed by atoms with Crippen LogP contribution in [0.3, 0.4) is 0 Å². The van der Waals surface area contributed by atoms with Gasteiger partial charge in [0.1, 0.15) is 11.5 Å². The van der Waals surface area contributed by atoms with Gasteiger partial charge in [0.25, 0.3) is 6.71 Å².